The molecule has 0 aliphatic heterocycles. The highest BCUT2D eigenvalue weighted by Crippen LogP contribution is 2.43. The molecule has 0 amide bonds. The maximum Gasteiger partial charge on any atom is 0.0824 e. The zero-order valence-electron chi connectivity index (χ0n) is 9.39. The summed E-state index contributed by atoms with van der Waals surface area (Å²) in [5, 5.41) is 0. The third kappa shape index (κ3) is 1.60. The minimum absolute atomic E-state index is 0.218. The summed E-state index contributed by atoms with van der Waals surface area (Å²) in [6.45, 7) is 5.97. The summed E-state index contributed by atoms with van der Waals surface area (Å²) in [6, 6.07) is 0. The van der Waals surface area contributed by atoms with Crippen LogP contribution in [0.1, 0.15) is 26.3 Å². The van der Waals surface area contributed by atoms with Crippen LogP contribution >= 0.6 is 0 Å². The van der Waals surface area contributed by atoms with Gasteiger partial charge in [0.2, 0.25) is 0 Å². The molecular formula is C10H19N5. The Morgan fingerprint density at radius 2 is 0.867 bits per heavy atom. The van der Waals surface area contributed by atoms with Crippen LogP contribution < -0.4 is 28.7 Å². The van der Waals surface area contributed by atoms with Crippen LogP contribution in [-0.4, -0.2) is 0 Å². The fraction of sp³-hybridized carbons (Fsp3) is 0.400. The first-order chi connectivity index (χ1) is 6.68. The second kappa shape index (κ2) is 3.12. The van der Waals surface area contributed by atoms with Gasteiger partial charge >= 0.3 is 0 Å². The summed E-state index contributed by atoms with van der Waals surface area (Å²) >= 11 is 0. The molecule has 0 unspecified atom stereocenters. The molecule has 0 fully saturated rings. The van der Waals surface area contributed by atoms with Crippen LogP contribution in [0.4, 0.5) is 28.4 Å². The number of benzene rings is 1. The SMILES string of the molecule is CC(C)(C)c1c(N)c(N)c(N)c(N)c1N. The molecule has 1 aromatic rings. The van der Waals surface area contributed by atoms with Crippen LogP contribution in [0.3, 0.4) is 0 Å². The molecule has 5 heteroatoms. The predicted molar refractivity (Wildman–Crippen MR) is 67.2 cm³/mol. The van der Waals surface area contributed by atoms with E-state index in [4.69, 9.17) is 28.7 Å². The van der Waals surface area contributed by atoms with Crippen LogP contribution in [-0.2, 0) is 5.41 Å². The molecule has 0 saturated heterocycles. The van der Waals surface area contributed by atoms with E-state index in [1.165, 1.54) is 0 Å². The van der Waals surface area contributed by atoms with Crippen molar-refractivity contribution in [3.05, 3.63) is 5.56 Å². The third-order valence-electron chi connectivity index (χ3n) is 2.45. The highest BCUT2D eigenvalue weighted by atomic mass is 14.8. The van der Waals surface area contributed by atoms with Crippen molar-refractivity contribution in [3.63, 3.8) is 0 Å². The number of hydrogen-bond donors (Lipinski definition) is 5. The number of nitrogen functional groups attached to an aromatic ring is 5. The molecule has 1 rings (SSSR count). The monoisotopic (exact) mass is 209 g/mol. The first-order valence-corrected chi connectivity index (χ1v) is 4.69. The molecule has 0 heterocycles. The summed E-state index contributed by atoms with van der Waals surface area (Å²) in [5.41, 5.74) is 31.3. The summed E-state index contributed by atoms with van der Waals surface area (Å²) in [7, 11) is 0. The highest BCUT2D eigenvalue weighted by Gasteiger charge is 2.25. The van der Waals surface area contributed by atoms with Crippen molar-refractivity contribution in [2.75, 3.05) is 28.7 Å². The van der Waals surface area contributed by atoms with Gasteiger partial charge in [-0.05, 0) is 5.41 Å². The van der Waals surface area contributed by atoms with Gasteiger partial charge in [-0.2, -0.15) is 0 Å². The average molecular weight is 209 g/mol. The molecule has 1 aromatic carbocycles. The highest BCUT2D eigenvalue weighted by molar-refractivity contribution is 5.96. The zero-order chi connectivity index (χ0) is 12.0. The van der Waals surface area contributed by atoms with Crippen LogP contribution in [0.15, 0.2) is 0 Å². The second-order valence-corrected chi connectivity index (χ2v) is 4.69. The van der Waals surface area contributed by atoms with Gasteiger partial charge in [-0.3, -0.25) is 0 Å². The third-order valence-corrected chi connectivity index (χ3v) is 2.45. The number of hydrogen-bond acceptors (Lipinski definition) is 5. The molecule has 15 heavy (non-hydrogen) atoms. The standard InChI is InChI=1S/C10H19N5/c1-10(2,3)4-5(11)7(13)9(15)8(14)6(4)12/h11-15H2,1-3H3. The largest absolute Gasteiger partial charge is 0.397 e. The van der Waals surface area contributed by atoms with Crippen molar-refractivity contribution in [2.45, 2.75) is 26.2 Å². The lowest BCUT2D eigenvalue weighted by molar-refractivity contribution is 0.595. The van der Waals surface area contributed by atoms with Crippen molar-refractivity contribution in [1.82, 2.24) is 0 Å². The van der Waals surface area contributed by atoms with Crippen LogP contribution in [0.25, 0.3) is 0 Å². The molecule has 0 aliphatic rings. The Bertz CT molecular complexity index is 374. The van der Waals surface area contributed by atoms with Crippen molar-refractivity contribution in [2.24, 2.45) is 0 Å². The zero-order valence-corrected chi connectivity index (χ0v) is 9.39. The van der Waals surface area contributed by atoms with E-state index in [0.29, 0.717) is 22.7 Å². The average Bonchev–Trinajstić information content (AvgIpc) is 2.09. The fourth-order valence-corrected chi connectivity index (χ4v) is 1.66. The molecule has 10 N–H and O–H groups in total. The minimum Gasteiger partial charge on any atom is -0.397 e. The van der Waals surface area contributed by atoms with Gasteiger partial charge in [0.25, 0.3) is 0 Å². The molecule has 0 saturated carbocycles. The van der Waals surface area contributed by atoms with Gasteiger partial charge in [0.15, 0.2) is 0 Å². The lowest BCUT2D eigenvalue weighted by Crippen LogP contribution is -2.20. The van der Waals surface area contributed by atoms with Crippen LogP contribution in [0.5, 0.6) is 0 Å². The smallest absolute Gasteiger partial charge is 0.0824 e. The lowest BCUT2D eigenvalue weighted by Gasteiger charge is -2.26. The molecule has 0 atom stereocenters. The van der Waals surface area contributed by atoms with Crippen molar-refractivity contribution < 1.29 is 0 Å². The Labute approximate surface area is 89.6 Å². The molecular weight excluding hydrogens is 190 g/mol. The van der Waals surface area contributed by atoms with E-state index in [1.54, 1.807) is 0 Å². The van der Waals surface area contributed by atoms with E-state index in [1.807, 2.05) is 20.8 Å². The molecule has 0 aliphatic carbocycles. The number of anilines is 5. The Balaban J connectivity index is 3.68. The maximum absolute atomic E-state index is 5.90. The summed E-state index contributed by atoms with van der Waals surface area (Å²) < 4.78 is 0. The molecule has 0 spiro atoms. The fourth-order valence-electron chi connectivity index (χ4n) is 1.66. The van der Waals surface area contributed by atoms with Gasteiger partial charge in [-0.15, -0.1) is 0 Å². The van der Waals surface area contributed by atoms with Gasteiger partial charge in [-0.1, -0.05) is 20.8 Å². The van der Waals surface area contributed by atoms with Gasteiger partial charge in [0.05, 0.1) is 28.4 Å². The predicted octanol–water partition coefficient (Wildman–Crippen LogP) is 0.895. The first kappa shape index (κ1) is 11.3. The van der Waals surface area contributed by atoms with Gasteiger partial charge in [-0.25, -0.2) is 0 Å². The molecule has 5 nitrogen and oxygen atoms in total. The Morgan fingerprint density at radius 3 is 1.13 bits per heavy atom. The van der Waals surface area contributed by atoms with Gasteiger partial charge in [0, 0.05) is 5.56 Å². The second-order valence-electron chi connectivity index (χ2n) is 4.69. The van der Waals surface area contributed by atoms with Crippen LogP contribution in [0, 0.1) is 0 Å². The summed E-state index contributed by atoms with van der Waals surface area (Å²) in [6.07, 6.45) is 0. The van der Waals surface area contributed by atoms with Gasteiger partial charge in [0.1, 0.15) is 0 Å². The molecule has 0 bridgehead atoms. The molecule has 84 valence electrons. The van der Waals surface area contributed by atoms with Crippen molar-refractivity contribution in [3.8, 4) is 0 Å². The van der Waals surface area contributed by atoms with Crippen LogP contribution in [0.2, 0.25) is 0 Å². The van der Waals surface area contributed by atoms with E-state index in [0.717, 1.165) is 5.56 Å². The Kier molecular flexibility index (Phi) is 2.35. The topological polar surface area (TPSA) is 130 Å². The van der Waals surface area contributed by atoms with Gasteiger partial charge < -0.3 is 28.7 Å². The van der Waals surface area contributed by atoms with E-state index >= 15 is 0 Å². The van der Waals surface area contributed by atoms with E-state index in [2.05, 4.69) is 0 Å². The quantitative estimate of drug-likeness (QED) is 0.405. The Hall–Kier alpha value is -1.78. The molecule has 0 aromatic heterocycles. The first-order valence-electron chi connectivity index (χ1n) is 4.69. The number of nitrogens with two attached hydrogens (primary N) is 5. The molecule has 0 radical (unpaired) electrons. The van der Waals surface area contributed by atoms with E-state index in [9.17, 15) is 0 Å². The summed E-state index contributed by atoms with van der Waals surface area (Å²) in [4.78, 5) is 0. The normalized spacial score (nSPS) is 11.7. The minimum atomic E-state index is -0.218. The number of rotatable bonds is 0. The van der Waals surface area contributed by atoms with Crippen molar-refractivity contribution >= 4 is 28.4 Å². The van der Waals surface area contributed by atoms with Crippen molar-refractivity contribution in [1.29, 1.82) is 0 Å². The Morgan fingerprint density at radius 1 is 0.600 bits per heavy atom. The lowest BCUT2D eigenvalue weighted by atomic mass is 9.83. The van der Waals surface area contributed by atoms with E-state index < -0.39 is 0 Å². The maximum atomic E-state index is 5.90. The van der Waals surface area contributed by atoms with E-state index in [-0.39, 0.29) is 11.1 Å². The summed E-state index contributed by atoms with van der Waals surface area (Å²) in [5.74, 6) is 0.